The van der Waals surface area contributed by atoms with Crippen LogP contribution in [0.1, 0.15) is 34.2 Å². The number of carbonyl (C=O) groups excluding carboxylic acids is 1. The molecule has 1 aliphatic rings. The lowest BCUT2D eigenvalue weighted by Gasteiger charge is -2.17. The number of hydrogen-bond acceptors (Lipinski definition) is 4. The number of rotatable bonds is 4. The van der Waals surface area contributed by atoms with Crippen molar-refractivity contribution >= 4 is 17.3 Å². The molecule has 0 spiro atoms. The molecule has 1 aromatic carbocycles. The Hall–Kier alpha value is -3.28. The smallest absolute Gasteiger partial charge is 0.272 e. The summed E-state index contributed by atoms with van der Waals surface area (Å²) in [4.78, 5) is 23.3. The van der Waals surface area contributed by atoms with E-state index in [1.165, 1.54) is 12.1 Å². The molecule has 1 unspecified atom stereocenters. The molecular weight excluding hydrogens is 355 g/mol. The van der Waals surface area contributed by atoms with E-state index < -0.39 is 0 Å². The minimum absolute atomic E-state index is 0.0473. The number of pyridine rings is 2. The zero-order valence-electron chi connectivity index (χ0n) is 15.6. The highest BCUT2D eigenvalue weighted by Crippen LogP contribution is 2.29. The molecule has 6 heteroatoms. The Balaban J connectivity index is 1.50. The summed E-state index contributed by atoms with van der Waals surface area (Å²) in [6, 6.07) is 15.6. The van der Waals surface area contributed by atoms with Crippen LogP contribution in [-0.2, 0) is 0 Å². The van der Waals surface area contributed by atoms with Crippen LogP contribution < -0.4 is 5.32 Å². The maximum atomic E-state index is 13.4. The molecule has 0 bridgehead atoms. The summed E-state index contributed by atoms with van der Waals surface area (Å²) in [5.41, 5.74) is 3.84. The van der Waals surface area contributed by atoms with E-state index in [2.05, 4.69) is 15.3 Å². The van der Waals surface area contributed by atoms with E-state index in [9.17, 15) is 9.18 Å². The second-order valence-corrected chi connectivity index (χ2v) is 7.01. The van der Waals surface area contributed by atoms with Gasteiger partial charge in [-0.3, -0.25) is 14.8 Å². The predicted molar refractivity (Wildman–Crippen MR) is 106 cm³/mol. The summed E-state index contributed by atoms with van der Waals surface area (Å²) in [5.74, 6) is -0.162. The SMILES string of the molecule is Cc1cc(Nc2cccc(F)c2)cc(C2CCN(C(=O)c3ccccn3)C2)n1. The molecule has 5 nitrogen and oxygen atoms in total. The maximum absolute atomic E-state index is 13.4. The van der Waals surface area contributed by atoms with Crippen molar-refractivity contribution in [3.63, 3.8) is 0 Å². The molecule has 2 aromatic heterocycles. The molecule has 3 heterocycles. The Labute approximate surface area is 163 Å². The second-order valence-electron chi connectivity index (χ2n) is 7.01. The largest absolute Gasteiger partial charge is 0.355 e. The normalized spacial score (nSPS) is 16.2. The van der Waals surface area contributed by atoms with Gasteiger partial charge in [0.05, 0.1) is 0 Å². The monoisotopic (exact) mass is 376 g/mol. The Kier molecular flexibility index (Phi) is 5.02. The standard InChI is InChI=1S/C22H21FN4O/c1-15-11-19(26-18-6-4-5-17(23)12-18)13-21(25-15)16-8-10-27(14-16)22(28)20-7-2-3-9-24-20/h2-7,9,11-13,16H,8,10,14H2,1H3,(H,25,26). The molecule has 1 N–H and O–H groups in total. The minimum Gasteiger partial charge on any atom is -0.355 e. The zero-order chi connectivity index (χ0) is 19.5. The zero-order valence-corrected chi connectivity index (χ0v) is 15.6. The van der Waals surface area contributed by atoms with E-state index >= 15 is 0 Å². The number of aromatic nitrogens is 2. The topological polar surface area (TPSA) is 58.1 Å². The highest BCUT2D eigenvalue weighted by molar-refractivity contribution is 5.92. The lowest BCUT2D eigenvalue weighted by Crippen LogP contribution is -2.29. The van der Waals surface area contributed by atoms with Gasteiger partial charge in [-0.15, -0.1) is 0 Å². The first-order chi connectivity index (χ1) is 13.6. The van der Waals surface area contributed by atoms with Crippen LogP contribution in [0.5, 0.6) is 0 Å². The average Bonchev–Trinajstić information content (AvgIpc) is 3.18. The van der Waals surface area contributed by atoms with E-state index in [1.807, 2.05) is 36.1 Å². The van der Waals surface area contributed by atoms with Gasteiger partial charge >= 0.3 is 0 Å². The fourth-order valence-corrected chi connectivity index (χ4v) is 3.55. The molecule has 0 radical (unpaired) electrons. The number of amides is 1. The molecule has 3 aromatic rings. The Morgan fingerprint density at radius 1 is 1.14 bits per heavy atom. The number of aryl methyl sites for hydroxylation is 1. The number of nitrogens with one attached hydrogen (secondary N) is 1. The first-order valence-corrected chi connectivity index (χ1v) is 9.30. The molecule has 1 saturated heterocycles. The number of anilines is 2. The predicted octanol–water partition coefficient (Wildman–Crippen LogP) is 4.30. The van der Waals surface area contributed by atoms with Crippen molar-refractivity contribution in [2.24, 2.45) is 0 Å². The number of carbonyl (C=O) groups is 1. The summed E-state index contributed by atoms with van der Waals surface area (Å²) in [7, 11) is 0. The lowest BCUT2D eigenvalue weighted by atomic mass is 10.0. The third-order valence-corrected chi connectivity index (χ3v) is 4.86. The Bertz CT molecular complexity index is 993. The minimum atomic E-state index is -0.282. The molecule has 0 saturated carbocycles. The van der Waals surface area contributed by atoms with E-state index in [-0.39, 0.29) is 17.6 Å². The van der Waals surface area contributed by atoms with Crippen LogP contribution in [0, 0.1) is 12.7 Å². The van der Waals surface area contributed by atoms with Gasteiger partial charge in [-0.05, 0) is 55.8 Å². The van der Waals surface area contributed by atoms with Crippen molar-refractivity contribution in [3.05, 3.63) is 83.7 Å². The lowest BCUT2D eigenvalue weighted by molar-refractivity contribution is 0.0785. The molecule has 1 fully saturated rings. The highest BCUT2D eigenvalue weighted by Gasteiger charge is 2.29. The summed E-state index contributed by atoms with van der Waals surface area (Å²) >= 11 is 0. The van der Waals surface area contributed by atoms with Crippen molar-refractivity contribution in [2.45, 2.75) is 19.3 Å². The van der Waals surface area contributed by atoms with Crippen molar-refractivity contribution in [3.8, 4) is 0 Å². The third kappa shape index (κ3) is 4.01. The van der Waals surface area contributed by atoms with Crippen molar-refractivity contribution < 1.29 is 9.18 Å². The Morgan fingerprint density at radius 2 is 2.04 bits per heavy atom. The third-order valence-electron chi connectivity index (χ3n) is 4.86. The maximum Gasteiger partial charge on any atom is 0.272 e. The first-order valence-electron chi connectivity index (χ1n) is 9.30. The van der Waals surface area contributed by atoms with Crippen LogP contribution in [0.15, 0.2) is 60.8 Å². The van der Waals surface area contributed by atoms with Crippen LogP contribution in [0.2, 0.25) is 0 Å². The van der Waals surface area contributed by atoms with Gasteiger partial charge in [0, 0.05) is 48.0 Å². The van der Waals surface area contributed by atoms with Crippen LogP contribution in [0.25, 0.3) is 0 Å². The van der Waals surface area contributed by atoms with Gasteiger partial charge in [0.25, 0.3) is 5.91 Å². The van der Waals surface area contributed by atoms with E-state index in [0.717, 1.165) is 23.5 Å². The fraction of sp³-hybridized carbons (Fsp3) is 0.227. The van der Waals surface area contributed by atoms with Crippen molar-refractivity contribution in [2.75, 3.05) is 18.4 Å². The first kappa shape index (κ1) is 18.1. The van der Waals surface area contributed by atoms with Crippen molar-refractivity contribution in [1.82, 2.24) is 14.9 Å². The van der Waals surface area contributed by atoms with Gasteiger partial charge in [-0.25, -0.2) is 4.39 Å². The number of nitrogens with zero attached hydrogens (tertiary/aromatic N) is 3. The summed E-state index contributed by atoms with van der Waals surface area (Å²) in [6.07, 6.45) is 2.49. The number of halogens is 1. The Morgan fingerprint density at radius 3 is 2.82 bits per heavy atom. The summed E-state index contributed by atoms with van der Waals surface area (Å²) in [5, 5.41) is 3.24. The molecule has 1 atom stereocenters. The molecule has 1 amide bonds. The van der Waals surface area contributed by atoms with Gasteiger partial charge < -0.3 is 10.2 Å². The van der Waals surface area contributed by atoms with Gasteiger partial charge in [0.2, 0.25) is 0 Å². The van der Waals surface area contributed by atoms with E-state index in [0.29, 0.717) is 24.5 Å². The van der Waals surface area contributed by atoms with Gasteiger partial charge in [0.15, 0.2) is 0 Å². The van der Waals surface area contributed by atoms with E-state index in [4.69, 9.17) is 0 Å². The second kappa shape index (κ2) is 7.76. The average molecular weight is 376 g/mol. The number of hydrogen-bond donors (Lipinski definition) is 1. The van der Waals surface area contributed by atoms with Gasteiger partial charge in [-0.1, -0.05) is 12.1 Å². The van der Waals surface area contributed by atoms with E-state index in [1.54, 1.807) is 24.4 Å². The molecular formula is C22H21FN4O. The quantitative estimate of drug-likeness (QED) is 0.738. The van der Waals surface area contributed by atoms with Crippen LogP contribution in [-0.4, -0.2) is 33.9 Å². The van der Waals surface area contributed by atoms with Gasteiger partial charge in [0.1, 0.15) is 11.5 Å². The van der Waals surface area contributed by atoms with Crippen LogP contribution in [0.4, 0.5) is 15.8 Å². The fourth-order valence-electron chi connectivity index (χ4n) is 3.55. The molecule has 1 aliphatic heterocycles. The van der Waals surface area contributed by atoms with Crippen LogP contribution in [0.3, 0.4) is 0 Å². The molecule has 0 aliphatic carbocycles. The molecule has 28 heavy (non-hydrogen) atoms. The highest BCUT2D eigenvalue weighted by atomic mass is 19.1. The summed E-state index contributed by atoms with van der Waals surface area (Å²) < 4.78 is 13.4. The molecule has 142 valence electrons. The van der Waals surface area contributed by atoms with Crippen LogP contribution >= 0.6 is 0 Å². The molecule has 4 rings (SSSR count). The van der Waals surface area contributed by atoms with Crippen molar-refractivity contribution in [1.29, 1.82) is 0 Å². The summed E-state index contributed by atoms with van der Waals surface area (Å²) in [6.45, 7) is 3.24. The number of likely N-dealkylation sites (tertiary alicyclic amines) is 1. The number of benzene rings is 1. The van der Waals surface area contributed by atoms with Gasteiger partial charge in [-0.2, -0.15) is 0 Å².